The van der Waals surface area contributed by atoms with E-state index in [4.69, 9.17) is 23.2 Å². The Morgan fingerprint density at radius 1 is 1.27 bits per heavy atom. The van der Waals surface area contributed by atoms with Gasteiger partial charge in [0.25, 0.3) is 5.91 Å². The van der Waals surface area contributed by atoms with Crippen LogP contribution in [0, 0.1) is 0 Å². The Hall–Kier alpha value is -1.72. The van der Waals surface area contributed by atoms with Crippen LogP contribution in [0.4, 0.5) is 4.79 Å². The zero-order valence-corrected chi connectivity index (χ0v) is 13.7. The minimum absolute atomic E-state index is 0.0552. The number of urea groups is 1. The molecule has 1 atom stereocenters. The first-order valence-electron chi connectivity index (χ1n) is 6.95. The average Bonchev–Trinajstić information content (AvgIpc) is 2.83. The molecule has 3 rings (SSSR count). The van der Waals surface area contributed by atoms with Gasteiger partial charge in [-0.3, -0.25) is 9.69 Å². The van der Waals surface area contributed by atoms with Gasteiger partial charge in [0.1, 0.15) is 0 Å². The van der Waals surface area contributed by atoms with Gasteiger partial charge in [-0.05, 0) is 24.6 Å². The van der Waals surface area contributed by atoms with Crippen LogP contribution < -0.4 is 5.32 Å². The van der Waals surface area contributed by atoms with Gasteiger partial charge < -0.3 is 10.2 Å². The summed E-state index contributed by atoms with van der Waals surface area (Å²) in [6.45, 7) is 2.97. The Bertz CT molecular complexity index is 702. The Balaban J connectivity index is 2.08. The van der Waals surface area contributed by atoms with E-state index in [1.807, 2.05) is 6.92 Å². The molecule has 0 fully saturated rings. The van der Waals surface area contributed by atoms with Crippen molar-refractivity contribution >= 4 is 35.1 Å². The molecule has 22 heavy (non-hydrogen) atoms. The number of nitrogens with zero attached hydrogens (tertiary/aromatic N) is 2. The number of halogens is 2. The number of likely N-dealkylation sites (N-methyl/N-ethyl adjacent to an activating group) is 2. The van der Waals surface area contributed by atoms with Crippen LogP contribution in [0.5, 0.6) is 0 Å². The molecular formula is C15H15Cl2N3O2. The molecule has 0 aliphatic carbocycles. The average molecular weight is 340 g/mol. The fourth-order valence-electron chi connectivity index (χ4n) is 2.82. The second-order valence-corrected chi connectivity index (χ2v) is 6.11. The predicted molar refractivity (Wildman–Crippen MR) is 84.8 cm³/mol. The number of carbonyl (C=O) groups excluding carboxylic acids is 2. The van der Waals surface area contributed by atoms with Crippen LogP contribution in [0.15, 0.2) is 29.5 Å². The highest BCUT2D eigenvalue weighted by atomic mass is 35.5. The molecule has 0 bridgehead atoms. The highest BCUT2D eigenvalue weighted by molar-refractivity contribution is 6.42. The van der Waals surface area contributed by atoms with Crippen molar-refractivity contribution in [1.82, 2.24) is 15.1 Å². The summed E-state index contributed by atoms with van der Waals surface area (Å²) in [5, 5.41) is 3.69. The molecule has 2 aliphatic rings. The maximum absolute atomic E-state index is 12.6. The van der Waals surface area contributed by atoms with E-state index >= 15 is 0 Å². The van der Waals surface area contributed by atoms with E-state index in [2.05, 4.69) is 5.32 Å². The first-order chi connectivity index (χ1) is 10.4. The molecule has 0 spiro atoms. The van der Waals surface area contributed by atoms with E-state index in [-0.39, 0.29) is 11.9 Å². The van der Waals surface area contributed by atoms with Gasteiger partial charge in [-0.2, -0.15) is 0 Å². The second kappa shape index (κ2) is 5.48. The largest absolute Gasteiger partial charge is 0.333 e. The molecule has 0 aromatic heterocycles. The van der Waals surface area contributed by atoms with Gasteiger partial charge in [-0.15, -0.1) is 0 Å². The number of benzene rings is 1. The molecule has 2 aliphatic heterocycles. The van der Waals surface area contributed by atoms with Crippen LogP contribution in [-0.2, 0) is 4.79 Å². The lowest BCUT2D eigenvalue weighted by molar-refractivity contribution is -0.125. The number of hydrogen-bond donors (Lipinski definition) is 1. The van der Waals surface area contributed by atoms with Crippen molar-refractivity contribution < 1.29 is 9.59 Å². The first-order valence-corrected chi connectivity index (χ1v) is 7.71. The van der Waals surface area contributed by atoms with Crippen molar-refractivity contribution in [2.75, 3.05) is 20.1 Å². The lowest BCUT2D eigenvalue weighted by Crippen LogP contribution is -2.45. The van der Waals surface area contributed by atoms with Gasteiger partial charge in [-0.1, -0.05) is 29.3 Å². The molecule has 1 N–H and O–H groups in total. The number of nitrogens with one attached hydrogen (secondary N) is 1. The highest BCUT2D eigenvalue weighted by Crippen LogP contribution is 2.37. The number of rotatable bonds is 2. The Morgan fingerprint density at radius 3 is 2.64 bits per heavy atom. The van der Waals surface area contributed by atoms with Crippen LogP contribution in [0.25, 0.3) is 0 Å². The zero-order chi connectivity index (χ0) is 16.0. The number of amides is 3. The van der Waals surface area contributed by atoms with Gasteiger partial charge in [0, 0.05) is 13.6 Å². The molecule has 5 nitrogen and oxygen atoms in total. The standard InChI is InChI=1S/C15H15Cl2N3O2/c1-3-20-7-11-12(14(20)21)13(18-15(22)19(11)2)8-4-5-9(16)10(17)6-8/h4-6,13H,3,7H2,1-2H3,(H,18,22)/t13-/m1/s1. The predicted octanol–water partition coefficient (Wildman–Crippen LogP) is 2.81. The number of carbonyl (C=O) groups is 2. The summed E-state index contributed by atoms with van der Waals surface area (Å²) in [4.78, 5) is 28.0. The summed E-state index contributed by atoms with van der Waals surface area (Å²) in [6.07, 6.45) is 0. The SMILES string of the molecule is CCN1CC2=C(C1=O)[C@@H](c1ccc(Cl)c(Cl)c1)NC(=O)N2C. The van der Waals surface area contributed by atoms with E-state index in [0.29, 0.717) is 28.7 Å². The molecule has 116 valence electrons. The van der Waals surface area contributed by atoms with E-state index in [9.17, 15) is 9.59 Å². The van der Waals surface area contributed by atoms with Crippen LogP contribution in [0.2, 0.25) is 10.0 Å². The van der Waals surface area contributed by atoms with Crippen molar-refractivity contribution in [3.63, 3.8) is 0 Å². The Morgan fingerprint density at radius 2 is 2.00 bits per heavy atom. The van der Waals surface area contributed by atoms with Crippen molar-refractivity contribution in [1.29, 1.82) is 0 Å². The molecule has 0 saturated heterocycles. The summed E-state index contributed by atoms with van der Waals surface area (Å²) in [7, 11) is 1.67. The molecule has 0 saturated carbocycles. The zero-order valence-electron chi connectivity index (χ0n) is 12.2. The Labute approximate surface area is 138 Å². The summed E-state index contributed by atoms with van der Waals surface area (Å²) < 4.78 is 0. The van der Waals surface area contributed by atoms with Gasteiger partial charge >= 0.3 is 6.03 Å². The van der Waals surface area contributed by atoms with E-state index in [1.165, 1.54) is 4.90 Å². The van der Waals surface area contributed by atoms with Crippen molar-refractivity contribution in [2.24, 2.45) is 0 Å². The number of hydrogen-bond acceptors (Lipinski definition) is 2. The topological polar surface area (TPSA) is 52.7 Å². The van der Waals surface area contributed by atoms with Gasteiger partial charge in [0.2, 0.25) is 0 Å². The third-order valence-corrected chi connectivity index (χ3v) is 4.83. The van der Waals surface area contributed by atoms with Crippen molar-refractivity contribution in [3.8, 4) is 0 Å². The third-order valence-electron chi connectivity index (χ3n) is 4.09. The minimum Gasteiger partial charge on any atom is -0.333 e. The quantitative estimate of drug-likeness (QED) is 0.900. The minimum atomic E-state index is -0.502. The molecule has 3 amide bonds. The first kappa shape index (κ1) is 15.2. The smallest absolute Gasteiger partial charge is 0.322 e. The van der Waals surface area contributed by atoms with Crippen molar-refractivity contribution in [2.45, 2.75) is 13.0 Å². The van der Waals surface area contributed by atoms with Crippen LogP contribution in [0.3, 0.4) is 0 Å². The summed E-state index contributed by atoms with van der Waals surface area (Å²) >= 11 is 12.0. The van der Waals surface area contributed by atoms with Gasteiger partial charge in [0.05, 0.1) is 33.9 Å². The maximum atomic E-state index is 12.6. The normalized spacial score (nSPS) is 21.4. The molecular weight excluding hydrogens is 325 g/mol. The molecule has 2 heterocycles. The summed E-state index contributed by atoms with van der Waals surface area (Å²) in [6, 6.07) is 4.39. The van der Waals surface area contributed by atoms with Crippen LogP contribution >= 0.6 is 23.2 Å². The van der Waals surface area contributed by atoms with E-state index < -0.39 is 6.04 Å². The molecule has 1 aromatic carbocycles. The Kier molecular flexibility index (Phi) is 3.78. The van der Waals surface area contributed by atoms with Crippen molar-refractivity contribution in [3.05, 3.63) is 45.1 Å². The second-order valence-electron chi connectivity index (χ2n) is 5.29. The molecule has 0 unspecified atom stereocenters. The highest BCUT2D eigenvalue weighted by Gasteiger charge is 2.42. The van der Waals surface area contributed by atoms with Crippen LogP contribution in [0.1, 0.15) is 18.5 Å². The molecule has 1 aromatic rings. The lowest BCUT2D eigenvalue weighted by atomic mass is 9.96. The lowest BCUT2D eigenvalue weighted by Gasteiger charge is -2.31. The fourth-order valence-corrected chi connectivity index (χ4v) is 3.13. The molecule has 7 heteroatoms. The van der Waals surface area contributed by atoms with E-state index in [0.717, 1.165) is 11.3 Å². The monoisotopic (exact) mass is 339 g/mol. The molecule has 0 radical (unpaired) electrons. The maximum Gasteiger partial charge on any atom is 0.322 e. The van der Waals surface area contributed by atoms with Gasteiger partial charge in [-0.25, -0.2) is 4.79 Å². The third kappa shape index (κ3) is 2.25. The van der Waals surface area contributed by atoms with Crippen LogP contribution in [-0.4, -0.2) is 41.9 Å². The fraction of sp³-hybridized carbons (Fsp3) is 0.333. The van der Waals surface area contributed by atoms with Gasteiger partial charge in [0.15, 0.2) is 0 Å². The van der Waals surface area contributed by atoms with E-state index in [1.54, 1.807) is 30.1 Å². The summed E-state index contributed by atoms with van der Waals surface area (Å²) in [5.74, 6) is -0.0552. The summed E-state index contributed by atoms with van der Waals surface area (Å²) in [5.41, 5.74) is 2.09.